The fourth-order valence-corrected chi connectivity index (χ4v) is 3.23. The maximum Gasteiger partial charge on any atom is 0.227 e. The normalized spacial score (nSPS) is 14.4. The van der Waals surface area contributed by atoms with Gasteiger partial charge in [0.1, 0.15) is 11.6 Å². The van der Waals surface area contributed by atoms with Gasteiger partial charge in [0.05, 0.1) is 12.8 Å². The molecule has 0 amide bonds. The summed E-state index contributed by atoms with van der Waals surface area (Å²) in [4.78, 5) is 13.8. The second-order valence-electron chi connectivity index (χ2n) is 6.52. The Balaban J connectivity index is 1.58. The van der Waals surface area contributed by atoms with E-state index in [0.717, 1.165) is 55.9 Å². The zero-order chi connectivity index (χ0) is 18.2. The van der Waals surface area contributed by atoms with E-state index in [1.807, 2.05) is 24.4 Å². The van der Waals surface area contributed by atoms with Crippen LogP contribution in [0.15, 0.2) is 36.5 Å². The minimum atomic E-state index is 0.810. The lowest BCUT2D eigenvalue weighted by Gasteiger charge is -2.36. The van der Waals surface area contributed by atoms with Crippen LogP contribution in [0.5, 0.6) is 5.75 Å². The third-order valence-electron chi connectivity index (χ3n) is 4.72. The van der Waals surface area contributed by atoms with Gasteiger partial charge in [-0.2, -0.15) is 4.98 Å². The van der Waals surface area contributed by atoms with Crippen LogP contribution in [0, 0.1) is 0 Å². The Hall–Kier alpha value is -2.50. The first-order valence-corrected chi connectivity index (χ1v) is 9.51. The molecule has 0 unspecified atom stereocenters. The lowest BCUT2D eigenvalue weighted by atomic mass is 10.2. The van der Waals surface area contributed by atoms with Crippen molar-refractivity contribution < 1.29 is 4.74 Å². The molecule has 0 aliphatic carbocycles. The van der Waals surface area contributed by atoms with Gasteiger partial charge in [-0.05, 0) is 24.6 Å². The van der Waals surface area contributed by atoms with Crippen LogP contribution in [0.1, 0.15) is 26.2 Å². The van der Waals surface area contributed by atoms with Crippen LogP contribution in [-0.4, -0.2) is 49.8 Å². The molecule has 26 heavy (non-hydrogen) atoms. The van der Waals surface area contributed by atoms with E-state index in [2.05, 4.69) is 44.1 Å². The highest BCUT2D eigenvalue weighted by Gasteiger charge is 2.21. The van der Waals surface area contributed by atoms with Crippen LogP contribution >= 0.6 is 0 Å². The van der Waals surface area contributed by atoms with Gasteiger partial charge in [-0.25, -0.2) is 4.98 Å². The van der Waals surface area contributed by atoms with Gasteiger partial charge in [-0.15, -0.1) is 0 Å². The Kier molecular flexibility index (Phi) is 6.52. The molecule has 1 aliphatic rings. The van der Waals surface area contributed by atoms with Crippen LogP contribution in [0.3, 0.4) is 0 Å². The van der Waals surface area contributed by atoms with Gasteiger partial charge in [0.25, 0.3) is 0 Å². The molecule has 1 N–H and O–H groups in total. The van der Waals surface area contributed by atoms with Crippen LogP contribution in [0.2, 0.25) is 0 Å². The second-order valence-corrected chi connectivity index (χ2v) is 6.52. The molecule has 0 spiro atoms. The van der Waals surface area contributed by atoms with Crippen molar-refractivity contribution in [1.82, 2.24) is 9.97 Å². The maximum absolute atomic E-state index is 5.49. The number of ether oxygens (including phenoxy) is 1. The van der Waals surface area contributed by atoms with E-state index >= 15 is 0 Å². The van der Waals surface area contributed by atoms with Gasteiger partial charge in [0, 0.05) is 38.9 Å². The molecule has 0 saturated carbocycles. The number of nitrogens with zero attached hydrogens (tertiary/aromatic N) is 4. The van der Waals surface area contributed by atoms with Gasteiger partial charge in [-0.3, -0.25) is 0 Å². The third kappa shape index (κ3) is 4.56. The first kappa shape index (κ1) is 18.3. The summed E-state index contributed by atoms with van der Waals surface area (Å²) in [5.74, 6) is 2.65. The lowest BCUT2D eigenvalue weighted by Crippen LogP contribution is -2.47. The number of unbranched alkanes of at least 4 members (excludes halogenated alkanes) is 2. The molecule has 1 aromatic heterocycles. The van der Waals surface area contributed by atoms with Gasteiger partial charge in [0.15, 0.2) is 0 Å². The highest BCUT2D eigenvalue weighted by atomic mass is 16.5. The number of piperazine rings is 1. The average molecular weight is 355 g/mol. The number of anilines is 3. The molecule has 1 saturated heterocycles. The molecular weight excluding hydrogens is 326 g/mol. The van der Waals surface area contributed by atoms with Crippen molar-refractivity contribution in [3.8, 4) is 5.75 Å². The molecule has 6 heteroatoms. The van der Waals surface area contributed by atoms with Crippen LogP contribution in [-0.2, 0) is 0 Å². The minimum absolute atomic E-state index is 0.810. The van der Waals surface area contributed by atoms with E-state index in [1.54, 1.807) is 7.11 Å². The number of para-hydroxylation sites is 2. The summed E-state index contributed by atoms with van der Waals surface area (Å²) in [7, 11) is 1.72. The Morgan fingerprint density at radius 3 is 2.58 bits per heavy atom. The fourth-order valence-electron chi connectivity index (χ4n) is 3.23. The van der Waals surface area contributed by atoms with Crippen molar-refractivity contribution in [3.05, 3.63) is 36.5 Å². The van der Waals surface area contributed by atoms with Crippen molar-refractivity contribution in [2.75, 3.05) is 55.0 Å². The molecule has 3 rings (SSSR count). The summed E-state index contributed by atoms with van der Waals surface area (Å²) in [6.07, 6.45) is 5.49. The Bertz CT molecular complexity index is 685. The van der Waals surface area contributed by atoms with Crippen molar-refractivity contribution in [1.29, 1.82) is 0 Å². The Morgan fingerprint density at radius 1 is 1.04 bits per heavy atom. The van der Waals surface area contributed by atoms with E-state index in [0.29, 0.717) is 0 Å². The SMILES string of the molecule is CCCCCNc1ccnc(N2CCN(c3ccccc3OC)CC2)n1. The summed E-state index contributed by atoms with van der Waals surface area (Å²) in [6.45, 7) is 6.84. The topological polar surface area (TPSA) is 53.5 Å². The zero-order valence-electron chi connectivity index (χ0n) is 15.8. The van der Waals surface area contributed by atoms with Crippen molar-refractivity contribution in [3.63, 3.8) is 0 Å². The quantitative estimate of drug-likeness (QED) is 0.733. The summed E-state index contributed by atoms with van der Waals surface area (Å²) >= 11 is 0. The Morgan fingerprint density at radius 2 is 1.81 bits per heavy atom. The monoisotopic (exact) mass is 355 g/mol. The predicted molar refractivity (Wildman–Crippen MR) is 107 cm³/mol. The lowest BCUT2D eigenvalue weighted by molar-refractivity contribution is 0.413. The third-order valence-corrected chi connectivity index (χ3v) is 4.72. The van der Waals surface area contributed by atoms with E-state index in [-0.39, 0.29) is 0 Å². The van der Waals surface area contributed by atoms with E-state index in [4.69, 9.17) is 4.74 Å². The summed E-state index contributed by atoms with van der Waals surface area (Å²) in [5.41, 5.74) is 1.15. The largest absolute Gasteiger partial charge is 0.495 e. The molecule has 1 aromatic carbocycles. The van der Waals surface area contributed by atoms with Gasteiger partial charge in [0.2, 0.25) is 5.95 Å². The minimum Gasteiger partial charge on any atom is -0.495 e. The molecule has 1 fully saturated rings. The highest BCUT2D eigenvalue weighted by Crippen LogP contribution is 2.28. The number of rotatable bonds is 8. The van der Waals surface area contributed by atoms with Crippen molar-refractivity contribution in [2.24, 2.45) is 0 Å². The highest BCUT2D eigenvalue weighted by molar-refractivity contribution is 5.59. The smallest absolute Gasteiger partial charge is 0.227 e. The van der Waals surface area contributed by atoms with Gasteiger partial charge >= 0.3 is 0 Å². The van der Waals surface area contributed by atoms with Crippen molar-refractivity contribution >= 4 is 17.5 Å². The molecule has 2 heterocycles. The number of hydrogen-bond donors (Lipinski definition) is 1. The van der Waals surface area contributed by atoms with Crippen LogP contribution < -0.4 is 19.9 Å². The first-order chi connectivity index (χ1) is 12.8. The molecule has 6 nitrogen and oxygen atoms in total. The number of nitrogens with one attached hydrogen (secondary N) is 1. The molecule has 0 bridgehead atoms. The summed E-state index contributed by atoms with van der Waals surface area (Å²) < 4.78 is 5.49. The molecule has 1 aliphatic heterocycles. The Labute approximate surface area is 156 Å². The van der Waals surface area contributed by atoms with Crippen LogP contribution in [0.25, 0.3) is 0 Å². The van der Waals surface area contributed by atoms with E-state index in [9.17, 15) is 0 Å². The maximum atomic E-state index is 5.49. The molecule has 2 aromatic rings. The number of benzene rings is 1. The zero-order valence-corrected chi connectivity index (χ0v) is 15.8. The van der Waals surface area contributed by atoms with E-state index in [1.165, 1.54) is 19.3 Å². The number of aromatic nitrogens is 2. The first-order valence-electron chi connectivity index (χ1n) is 9.51. The summed E-state index contributed by atoms with van der Waals surface area (Å²) in [5, 5.41) is 3.40. The molecule has 140 valence electrons. The van der Waals surface area contributed by atoms with Crippen molar-refractivity contribution in [2.45, 2.75) is 26.2 Å². The standard InChI is InChI=1S/C20H29N5O/c1-3-4-7-11-21-19-10-12-22-20(23-19)25-15-13-24(14-16-25)17-8-5-6-9-18(17)26-2/h5-6,8-10,12H,3-4,7,11,13-16H2,1-2H3,(H,21,22,23). The summed E-state index contributed by atoms with van der Waals surface area (Å²) in [6, 6.07) is 10.1. The number of methoxy groups -OCH3 is 1. The molecular formula is C20H29N5O. The van der Waals surface area contributed by atoms with Gasteiger partial charge in [-0.1, -0.05) is 31.9 Å². The predicted octanol–water partition coefficient (Wildman–Crippen LogP) is 3.41. The molecule has 0 atom stereocenters. The number of hydrogen-bond acceptors (Lipinski definition) is 6. The average Bonchev–Trinajstić information content (AvgIpc) is 2.71. The molecule has 0 radical (unpaired) electrons. The van der Waals surface area contributed by atoms with E-state index < -0.39 is 0 Å². The van der Waals surface area contributed by atoms with Crippen LogP contribution in [0.4, 0.5) is 17.5 Å². The fraction of sp³-hybridized carbons (Fsp3) is 0.500. The second kappa shape index (κ2) is 9.27. The van der Waals surface area contributed by atoms with Gasteiger partial charge < -0.3 is 19.9 Å².